The largest absolute Gasteiger partial charge is 0.324 e. The fourth-order valence-electron chi connectivity index (χ4n) is 2.43. The van der Waals surface area contributed by atoms with E-state index in [9.17, 15) is 8.78 Å². The molecule has 0 saturated carbocycles. The number of halogens is 2. The average Bonchev–Trinajstić information content (AvgIpc) is 2.33. The molecule has 0 radical (unpaired) electrons. The van der Waals surface area contributed by atoms with E-state index in [0.717, 1.165) is 22.8 Å². The Morgan fingerprint density at radius 3 is 2.21 bits per heavy atom. The summed E-state index contributed by atoms with van der Waals surface area (Å²) in [5.41, 5.74) is 10.2. The van der Waals surface area contributed by atoms with E-state index in [1.54, 1.807) is 6.07 Å². The van der Waals surface area contributed by atoms with Crippen LogP contribution >= 0.6 is 0 Å². The highest BCUT2D eigenvalue weighted by Gasteiger charge is 2.13. The summed E-state index contributed by atoms with van der Waals surface area (Å²) in [7, 11) is 0. The quantitative estimate of drug-likeness (QED) is 0.893. The molecule has 2 N–H and O–H groups in total. The molecule has 100 valence electrons. The summed E-state index contributed by atoms with van der Waals surface area (Å²) in [5.74, 6) is -1.66. The standard InChI is InChI=1S/C16H17F2N/c1-10-4-3-5-11(2)16(10)15(19)9-12-6-7-13(17)14(18)8-12/h3-8,15H,9,19H2,1-2H3. The van der Waals surface area contributed by atoms with E-state index < -0.39 is 11.6 Å². The monoisotopic (exact) mass is 261 g/mol. The van der Waals surface area contributed by atoms with Gasteiger partial charge in [-0.2, -0.15) is 0 Å². The summed E-state index contributed by atoms with van der Waals surface area (Å²) in [6.45, 7) is 4.01. The highest BCUT2D eigenvalue weighted by Crippen LogP contribution is 2.23. The van der Waals surface area contributed by atoms with Crippen molar-refractivity contribution >= 4 is 0 Å². The van der Waals surface area contributed by atoms with Crippen LogP contribution in [0, 0.1) is 25.5 Å². The van der Waals surface area contributed by atoms with Gasteiger partial charge in [0.1, 0.15) is 0 Å². The van der Waals surface area contributed by atoms with E-state index in [2.05, 4.69) is 0 Å². The predicted molar refractivity (Wildman–Crippen MR) is 72.9 cm³/mol. The lowest BCUT2D eigenvalue weighted by molar-refractivity contribution is 0.506. The van der Waals surface area contributed by atoms with Crippen LogP contribution in [0.5, 0.6) is 0 Å². The summed E-state index contributed by atoms with van der Waals surface area (Å²) in [5, 5.41) is 0. The summed E-state index contributed by atoms with van der Waals surface area (Å²) >= 11 is 0. The van der Waals surface area contributed by atoms with Crippen LogP contribution in [0.2, 0.25) is 0 Å². The molecule has 0 amide bonds. The van der Waals surface area contributed by atoms with Crippen molar-refractivity contribution in [1.82, 2.24) is 0 Å². The summed E-state index contributed by atoms with van der Waals surface area (Å²) in [6.07, 6.45) is 0.489. The normalized spacial score (nSPS) is 12.5. The minimum absolute atomic E-state index is 0.217. The Balaban J connectivity index is 2.25. The molecule has 0 heterocycles. The molecule has 0 aliphatic rings. The van der Waals surface area contributed by atoms with Crippen molar-refractivity contribution in [2.75, 3.05) is 0 Å². The molecule has 2 aromatic carbocycles. The lowest BCUT2D eigenvalue weighted by Crippen LogP contribution is -2.16. The Labute approximate surface area is 112 Å². The molecule has 0 aliphatic heterocycles. The Morgan fingerprint density at radius 1 is 1.00 bits per heavy atom. The zero-order valence-electron chi connectivity index (χ0n) is 11.1. The Kier molecular flexibility index (Phi) is 3.96. The molecular formula is C16H17F2N. The number of hydrogen-bond donors (Lipinski definition) is 1. The van der Waals surface area contributed by atoms with Crippen molar-refractivity contribution < 1.29 is 8.78 Å². The molecule has 0 spiro atoms. The first-order chi connectivity index (χ1) is 8.99. The summed E-state index contributed by atoms with van der Waals surface area (Å²) in [4.78, 5) is 0. The van der Waals surface area contributed by atoms with Crippen molar-refractivity contribution in [3.63, 3.8) is 0 Å². The summed E-state index contributed by atoms with van der Waals surface area (Å²) in [6, 6.07) is 9.71. The minimum atomic E-state index is -0.829. The van der Waals surface area contributed by atoms with Gasteiger partial charge in [-0.25, -0.2) is 8.78 Å². The molecule has 3 heteroatoms. The Bertz CT molecular complexity index is 573. The fourth-order valence-corrected chi connectivity index (χ4v) is 2.43. The maximum atomic E-state index is 13.2. The molecule has 1 unspecified atom stereocenters. The highest BCUT2D eigenvalue weighted by atomic mass is 19.2. The number of aryl methyl sites for hydroxylation is 2. The molecular weight excluding hydrogens is 244 g/mol. The van der Waals surface area contributed by atoms with Crippen LogP contribution in [-0.2, 0) is 6.42 Å². The number of hydrogen-bond acceptors (Lipinski definition) is 1. The van der Waals surface area contributed by atoms with E-state index in [4.69, 9.17) is 5.73 Å². The predicted octanol–water partition coefficient (Wildman–Crippen LogP) is 3.82. The molecule has 0 aromatic heterocycles. The third kappa shape index (κ3) is 2.99. The maximum Gasteiger partial charge on any atom is 0.159 e. The van der Waals surface area contributed by atoms with Gasteiger partial charge in [0, 0.05) is 6.04 Å². The lowest BCUT2D eigenvalue weighted by Gasteiger charge is -2.17. The van der Waals surface area contributed by atoms with E-state index in [0.29, 0.717) is 12.0 Å². The fraction of sp³-hybridized carbons (Fsp3) is 0.250. The summed E-state index contributed by atoms with van der Waals surface area (Å²) < 4.78 is 26.1. The second-order valence-electron chi connectivity index (χ2n) is 4.86. The average molecular weight is 261 g/mol. The maximum absolute atomic E-state index is 13.2. The lowest BCUT2D eigenvalue weighted by atomic mass is 9.92. The number of nitrogens with two attached hydrogens (primary N) is 1. The van der Waals surface area contributed by atoms with Gasteiger partial charge in [0.2, 0.25) is 0 Å². The Morgan fingerprint density at radius 2 is 1.63 bits per heavy atom. The topological polar surface area (TPSA) is 26.0 Å². The molecule has 0 saturated heterocycles. The SMILES string of the molecule is Cc1cccc(C)c1C(N)Cc1ccc(F)c(F)c1. The van der Waals surface area contributed by atoms with Crippen LogP contribution in [0.3, 0.4) is 0 Å². The van der Waals surface area contributed by atoms with Crippen molar-refractivity contribution in [2.45, 2.75) is 26.3 Å². The zero-order chi connectivity index (χ0) is 14.0. The van der Waals surface area contributed by atoms with Crippen LogP contribution in [0.1, 0.15) is 28.3 Å². The van der Waals surface area contributed by atoms with E-state index in [1.165, 1.54) is 6.07 Å². The molecule has 2 aromatic rings. The van der Waals surface area contributed by atoms with Crippen LogP contribution in [-0.4, -0.2) is 0 Å². The molecule has 1 nitrogen and oxygen atoms in total. The van der Waals surface area contributed by atoms with Crippen LogP contribution in [0.25, 0.3) is 0 Å². The highest BCUT2D eigenvalue weighted by molar-refractivity contribution is 5.37. The van der Waals surface area contributed by atoms with Crippen molar-refractivity contribution in [3.05, 3.63) is 70.3 Å². The third-order valence-corrected chi connectivity index (χ3v) is 3.35. The van der Waals surface area contributed by atoms with Crippen LogP contribution in [0.4, 0.5) is 8.78 Å². The van der Waals surface area contributed by atoms with E-state index >= 15 is 0 Å². The molecule has 0 fully saturated rings. The van der Waals surface area contributed by atoms with Gasteiger partial charge >= 0.3 is 0 Å². The third-order valence-electron chi connectivity index (χ3n) is 3.35. The first-order valence-electron chi connectivity index (χ1n) is 6.24. The molecule has 19 heavy (non-hydrogen) atoms. The smallest absolute Gasteiger partial charge is 0.159 e. The second-order valence-corrected chi connectivity index (χ2v) is 4.86. The molecule has 2 rings (SSSR count). The zero-order valence-corrected chi connectivity index (χ0v) is 11.1. The first kappa shape index (κ1) is 13.7. The van der Waals surface area contributed by atoms with Gasteiger partial charge in [-0.05, 0) is 54.7 Å². The van der Waals surface area contributed by atoms with Crippen molar-refractivity contribution in [2.24, 2.45) is 5.73 Å². The van der Waals surface area contributed by atoms with Gasteiger partial charge in [-0.15, -0.1) is 0 Å². The van der Waals surface area contributed by atoms with E-state index in [1.807, 2.05) is 32.0 Å². The molecule has 0 aliphatic carbocycles. The number of benzene rings is 2. The van der Waals surface area contributed by atoms with Gasteiger partial charge in [0.05, 0.1) is 0 Å². The van der Waals surface area contributed by atoms with Gasteiger partial charge in [-0.3, -0.25) is 0 Å². The van der Waals surface area contributed by atoms with Gasteiger partial charge < -0.3 is 5.73 Å². The second kappa shape index (κ2) is 5.49. The van der Waals surface area contributed by atoms with Gasteiger partial charge in [0.25, 0.3) is 0 Å². The molecule has 0 bridgehead atoms. The van der Waals surface area contributed by atoms with Crippen molar-refractivity contribution in [1.29, 1.82) is 0 Å². The van der Waals surface area contributed by atoms with E-state index in [-0.39, 0.29) is 6.04 Å². The van der Waals surface area contributed by atoms with Crippen molar-refractivity contribution in [3.8, 4) is 0 Å². The van der Waals surface area contributed by atoms with Gasteiger partial charge in [-0.1, -0.05) is 24.3 Å². The minimum Gasteiger partial charge on any atom is -0.324 e. The Hall–Kier alpha value is -1.74. The van der Waals surface area contributed by atoms with Crippen LogP contribution in [0.15, 0.2) is 36.4 Å². The first-order valence-corrected chi connectivity index (χ1v) is 6.24. The molecule has 1 atom stereocenters. The number of rotatable bonds is 3. The van der Waals surface area contributed by atoms with Gasteiger partial charge in [0.15, 0.2) is 11.6 Å². The van der Waals surface area contributed by atoms with Crippen LogP contribution < -0.4 is 5.73 Å².